The van der Waals surface area contributed by atoms with Crippen molar-refractivity contribution in [3.8, 4) is 5.75 Å². The van der Waals surface area contributed by atoms with Crippen molar-refractivity contribution in [2.75, 3.05) is 6.61 Å². The van der Waals surface area contributed by atoms with Gasteiger partial charge in [-0.15, -0.1) is 0 Å². The first kappa shape index (κ1) is 23.6. The fourth-order valence-corrected chi connectivity index (χ4v) is 3.53. The number of pyridine rings is 1. The van der Waals surface area contributed by atoms with Gasteiger partial charge in [-0.3, -0.25) is 9.59 Å². The summed E-state index contributed by atoms with van der Waals surface area (Å²) in [4.78, 5) is 24.1. The number of aliphatic hydroxyl groups excluding tert-OH is 1. The predicted molar refractivity (Wildman–Crippen MR) is 118 cm³/mol. The van der Waals surface area contributed by atoms with Crippen LogP contribution in [-0.4, -0.2) is 22.2 Å². The van der Waals surface area contributed by atoms with Crippen LogP contribution >= 0.6 is 15.9 Å². The molecule has 32 heavy (non-hydrogen) atoms. The standard InChI is InChI=1S/C23H21BrF2N2O4/c1-14-7-20(32-13-17-5-6-18(25)9-19(17)26)22(24)23(31)28(14)11-16-4-2-3-15(8-16)10-27-21(30)12-29/h2-9,29H,10-13H2,1H3,(H,27,30). The minimum absolute atomic E-state index is 0.158. The molecule has 0 saturated heterocycles. The molecule has 0 spiro atoms. The molecule has 1 heterocycles. The minimum atomic E-state index is -0.721. The van der Waals surface area contributed by atoms with E-state index in [1.165, 1.54) is 6.07 Å². The van der Waals surface area contributed by atoms with Crippen LogP contribution in [0.4, 0.5) is 8.78 Å². The zero-order valence-corrected chi connectivity index (χ0v) is 18.8. The van der Waals surface area contributed by atoms with Gasteiger partial charge < -0.3 is 19.7 Å². The summed E-state index contributed by atoms with van der Waals surface area (Å²) in [5.41, 5.74) is 2.16. The zero-order valence-electron chi connectivity index (χ0n) is 17.2. The van der Waals surface area contributed by atoms with Gasteiger partial charge in [-0.2, -0.15) is 0 Å². The Bertz CT molecular complexity index is 1200. The van der Waals surface area contributed by atoms with Gasteiger partial charge in [0.05, 0.1) is 6.54 Å². The van der Waals surface area contributed by atoms with Crippen molar-refractivity contribution < 1.29 is 23.4 Å². The van der Waals surface area contributed by atoms with Gasteiger partial charge in [0.2, 0.25) is 5.91 Å². The fourth-order valence-electron chi connectivity index (χ4n) is 3.09. The molecule has 168 valence electrons. The highest BCUT2D eigenvalue weighted by atomic mass is 79.9. The molecule has 0 radical (unpaired) electrons. The first-order chi connectivity index (χ1) is 15.3. The summed E-state index contributed by atoms with van der Waals surface area (Å²) in [5.74, 6) is -1.61. The van der Waals surface area contributed by atoms with Crippen molar-refractivity contribution in [3.63, 3.8) is 0 Å². The molecular weight excluding hydrogens is 486 g/mol. The summed E-state index contributed by atoms with van der Waals surface area (Å²) in [7, 11) is 0. The summed E-state index contributed by atoms with van der Waals surface area (Å²) in [5, 5.41) is 11.4. The lowest BCUT2D eigenvalue weighted by Crippen LogP contribution is -2.26. The molecule has 0 aliphatic heterocycles. The molecule has 1 amide bonds. The van der Waals surface area contributed by atoms with E-state index in [-0.39, 0.29) is 41.0 Å². The van der Waals surface area contributed by atoms with Crippen LogP contribution in [0, 0.1) is 18.6 Å². The van der Waals surface area contributed by atoms with Crippen LogP contribution in [0.1, 0.15) is 22.4 Å². The van der Waals surface area contributed by atoms with Gasteiger partial charge in [-0.05, 0) is 46.1 Å². The second-order valence-corrected chi connectivity index (χ2v) is 7.93. The average molecular weight is 507 g/mol. The Balaban J connectivity index is 1.77. The summed E-state index contributed by atoms with van der Waals surface area (Å²) < 4.78 is 34.3. The van der Waals surface area contributed by atoms with Crippen LogP contribution < -0.4 is 15.6 Å². The molecule has 3 rings (SSSR count). The van der Waals surface area contributed by atoms with E-state index in [1.807, 2.05) is 24.3 Å². The highest BCUT2D eigenvalue weighted by molar-refractivity contribution is 9.10. The highest BCUT2D eigenvalue weighted by Crippen LogP contribution is 2.24. The van der Waals surface area contributed by atoms with Gasteiger partial charge in [0.15, 0.2) is 0 Å². The molecule has 0 atom stereocenters. The summed E-state index contributed by atoms with van der Waals surface area (Å²) in [6, 6.07) is 12.3. The van der Waals surface area contributed by atoms with Crippen molar-refractivity contribution in [1.29, 1.82) is 0 Å². The Kier molecular flexibility index (Phi) is 7.76. The van der Waals surface area contributed by atoms with Gasteiger partial charge in [0.25, 0.3) is 5.56 Å². The van der Waals surface area contributed by atoms with Gasteiger partial charge in [-0.25, -0.2) is 8.78 Å². The van der Waals surface area contributed by atoms with Gasteiger partial charge >= 0.3 is 0 Å². The number of nitrogens with zero attached hydrogens (tertiary/aromatic N) is 1. The lowest BCUT2D eigenvalue weighted by molar-refractivity contribution is -0.123. The van der Waals surface area contributed by atoms with Crippen molar-refractivity contribution in [1.82, 2.24) is 9.88 Å². The first-order valence-electron chi connectivity index (χ1n) is 9.70. The van der Waals surface area contributed by atoms with Crippen LogP contribution in [0.15, 0.2) is 57.8 Å². The van der Waals surface area contributed by atoms with Crippen LogP contribution in [0.2, 0.25) is 0 Å². The van der Waals surface area contributed by atoms with Gasteiger partial charge in [0.1, 0.15) is 35.1 Å². The Hall–Kier alpha value is -3.04. The quantitative estimate of drug-likeness (QED) is 0.490. The van der Waals surface area contributed by atoms with E-state index < -0.39 is 24.1 Å². The highest BCUT2D eigenvalue weighted by Gasteiger charge is 2.14. The maximum atomic E-state index is 13.8. The maximum Gasteiger partial charge on any atom is 0.269 e. The van der Waals surface area contributed by atoms with Gasteiger partial charge in [-0.1, -0.05) is 24.3 Å². The lowest BCUT2D eigenvalue weighted by atomic mass is 10.1. The maximum absolute atomic E-state index is 13.8. The Morgan fingerprint density at radius 3 is 2.62 bits per heavy atom. The Labute approximate surface area is 191 Å². The predicted octanol–water partition coefficient (Wildman–Crippen LogP) is 3.43. The van der Waals surface area contributed by atoms with Crippen molar-refractivity contribution in [3.05, 3.63) is 97.4 Å². The number of aromatic nitrogens is 1. The number of rotatable bonds is 8. The van der Waals surface area contributed by atoms with E-state index in [4.69, 9.17) is 9.84 Å². The molecule has 0 saturated carbocycles. The molecule has 0 bridgehead atoms. The molecule has 6 nitrogen and oxygen atoms in total. The zero-order chi connectivity index (χ0) is 23.3. The second-order valence-electron chi connectivity index (χ2n) is 7.13. The molecule has 0 aliphatic carbocycles. The summed E-state index contributed by atoms with van der Waals surface area (Å²) >= 11 is 3.26. The number of amides is 1. The fraction of sp³-hybridized carbons (Fsp3) is 0.217. The third-order valence-electron chi connectivity index (χ3n) is 4.78. The van der Waals surface area contributed by atoms with E-state index >= 15 is 0 Å². The Morgan fingerprint density at radius 2 is 1.91 bits per heavy atom. The van der Waals surface area contributed by atoms with E-state index in [0.29, 0.717) is 5.69 Å². The van der Waals surface area contributed by atoms with Crippen molar-refractivity contribution >= 4 is 21.8 Å². The molecule has 1 aromatic heterocycles. The number of benzene rings is 2. The molecule has 9 heteroatoms. The van der Waals surface area contributed by atoms with Crippen molar-refractivity contribution in [2.24, 2.45) is 0 Å². The number of carbonyl (C=O) groups is 1. The van der Waals surface area contributed by atoms with E-state index in [1.54, 1.807) is 17.6 Å². The Morgan fingerprint density at radius 1 is 1.16 bits per heavy atom. The summed E-state index contributed by atoms with van der Waals surface area (Å²) in [6.45, 7) is 1.57. The minimum Gasteiger partial charge on any atom is -0.487 e. The second kappa shape index (κ2) is 10.5. The number of hydrogen-bond acceptors (Lipinski definition) is 4. The molecule has 0 fully saturated rings. The number of ether oxygens (including phenoxy) is 1. The van der Waals surface area contributed by atoms with Crippen LogP contribution in [0.3, 0.4) is 0 Å². The number of aryl methyl sites for hydroxylation is 1. The lowest BCUT2D eigenvalue weighted by Gasteiger charge is -2.15. The summed E-state index contributed by atoms with van der Waals surface area (Å²) in [6.07, 6.45) is 0. The van der Waals surface area contributed by atoms with Crippen LogP contribution in [0.25, 0.3) is 0 Å². The van der Waals surface area contributed by atoms with E-state index in [0.717, 1.165) is 23.3 Å². The molecule has 0 aliphatic rings. The molecule has 0 unspecified atom stereocenters. The van der Waals surface area contributed by atoms with E-state index in [9.17, 15) is 18.4 Å². The monoisotopic (exact) mass is 506 g/mol. The number of carbonyl (C=O) groups excluding carboxylic acids is 1. The van der Waals surface area contributed by atoms with Gasteiger partial charge in [0, 0.05) is 29.9 Å². The van der Waals surface area contributed by atoms with Crippen LogP contribution in [-0.2, 0) is 24.5 Å². The third-order valence-corrected chi connectivity index (χ3v) is 5.51. The number of aliphatic hydroxyl groups is 1. The van der Waals surface area contributed by atoms with Crippen LogP contribution in [0.5, 0.6) is 5.75 Å². The smallest absolute Gasteiger partial charge is 0.269 e. The molecular formula is C23H21BrF2N2O4. The first-order valence-corrected chi connectivity index (χ1v) is 10.5. The molecule has 2 N–H and O–H groups in total. The largest absolute Gasteiger partial charge is 0.487 e. The topological polar surface area (TPSA) is 80.6 Å². The van der Waals surface area contributed by atoms with E-state index in [2.05, 4.69) is 21.2 Å². The molecule has 2 aromatic carbocycles. The average Bonchev–Trinajstić information content (AvgIpc) is 2.77. The normalized spacial score (nSPS) is 10.8. The number of halogens is 3. The molecule has 3 aromatic rings. The third kappa shape index (κ3) is 5.80. The number of hydrogen-bond donors (Lipinski definition) is 2. The SMILES string of the molecule is Cc1cc(OCc2ccc(F)cc2F)c(Br)c(=O)n1Cc1cccc(CNC(=O)CO)c1. The number of nitrogens with one attached hydrogen (secondary N) is 1. The van der Waals surface area contributed by atoms with Crippen molar-refractivity contribution in [2.45, 2.75) is 26.6 Å².